The van der Waals surface area contributed by atoms with E-state index in [1.54, 1.807) is 20.5 Å². The number of fused-ring (bicyclic) bond motifs is 2. The van der Waals surface area contributed by atoms with Crippen molar-refractivity contribution in [1.29, 1.82) is 0 Å². The Labute approximate surface area is 198 Å². The first-order valence-electron chi connectivity index (χ1n) is 11.8. The summed E-state index contributed by atoms with van der Waals surface area (Å²) < 4.78 is 3.44. The summed E-state index contributed by atoms with van der Waals surface area (Å²) in [6, 6.07) is 9.24. The van der Waals surface area contributed by atoms with Gasteiger partial charge >= 0.3 is 5.69 Å². The third kappa shape index (κ3) is 4.90. The van der Waals surface area contributed by atoms with Crippen LogP contribution in [0.3, 0.4) is 0 Å². The molecule has 4 rings (SSSR count). The molecule has 3 aromatic rings. The highest BCUT2D eigenvalue weighted by Crippen LogP contribution is 2.24. The molecule has 0 saturated carbocycles. The van der Waals surface area contributed by atoms with Crippen molar-refractivity contribution in [2.45, 2.75) is 71.6 Å². The second kappa shape index (κ2) is 10.4. The number of hydrogen-bond acceptors (Lipinski definition) is 4. The van der Waals surface area contributed by atoms with Crippen LogP contribution in [0.5, 0.6) is 0 Å². The molecule has 1 unspecified atom stereocenters. The zero-order valence-electron chi connectivity index (χ0n) is 19.4. The molecule has 1 aliphatic rings. The molecule has 1 aliphatic heterocycles. The first kappa shape index (κ1) is 23.3. The minimum absolute atomic E-state index is 0.0150. The number of hydrogen-bond donors (Lipinski definition) is 1. The Hall–Kier alpha value is -2.87. The highest BCUT2D eigenvalue weighted by Gasteiger charge is 2.28. The zero-order chi connectivity index (χ0) is 23.4. The number of thiophene rings is 1. The number of aryl methyl sites for hydroxylation is 2. The molecule has 1 aromatic carbocycles. The van der Waals surface area contributed by atoms with Crippen LogP contribution in [0, 0.1) is 0 Å². The third-order valence-corrected chi connectivity index (χ3v) is 7.29. The quantitative estimate of drug-likeness (QED) is 0.522. The molecule has 1 N–H and O–H groups in total. The molecule has 0 fully saturated rings. The fraction of sp³-hybridized carbons (Fsp3) is 0.480. The molecule has 1 atom stereocenters. The highest BCUT2D eigenvalue weighted by atomic mass is 32.1. The van der Waals surface area contributed by atoms with E-state index in [1.165, 1.54) is 10.4 Å². The molecule has 0 bridgehead atoms. The molecule has 2 amide bonds. The molecule has 0 radical (unpaired) electrons. The lowest BCUT2D eigenvalue weighted by Gasteiger charge is -2.31. The van der Waals surface area contributed by atoms with Crippen LogP contribution < -0.4 is 11.0 Å². The number of aromatic nitrogens is 2. The van der Waals surface area contributed by atoms with E-state index in [1.807, 2.05) is 43.0 Å². The van der Waals surface area contributed by atoms with Gasteiger partial charge in [0.05, 0.1) is 11.0 Å². The van der Waals surface area contributed by atoms with E-state index in [-0.39, 0.29) is 30.5 Å². The predicted octanol–water partition coefficient (Wildman–Crippen LogP) is 3.53. The van der Waals surface area contributed by atoms with Crippen molar-refractivity contribution in [1.82, 2.24) is 19.4 Å². The number of amides is 2. The van der Waals surface area contributed by atoms with E-state index in [0.717, 1.165) is 30.3 Å². The van der Waals surface area contributed by atoms with Gasteiger partial charge in [0.2, 0.25) is 11.8 Å². The molecule has 7 nitrogen and oxygen atoms in total. The van der Waals surface area contributed by atoms with E-state index >= 15 is 0 Å². The lowest BCUT2D eigenvalue weighted by molar-refractivity contribution is -0.137. The van der Waals surface area contributed by atoms with E-state index in [2.05, 4.69) is 16.8 Å². The van der Waals surface area contributed by atoms with E-state index in [4.69, 9.17) is 0 Å². The Balaban J connectivity index is 1.42. The molecule has 0 saturated heterocycles. The summed E-state index contributed by atoms with van der Waals surface area (Å²) in [7, 11) is 0. The molecule has 0 aliphatic carbocycles. The van der Waals surface area contributed by atoms with Crippen molar-refractivity contribution in [3.8, 4) is 0 Å². The number of para-hydroxylation sites is 2. The maximum absolute atomic E-state index is 13.2. The summed E-state index contributed by atoms with van der Waals surface area (Å²) in [6.07, 6.45) is 3.29. The van der Waals surface area contributed by atoms with Crippen molar-refractivity contribution in [2.75, 3.05) is 6.54 Å². The SMILES string of the molecule is CCCC(NC(=O)CCn1c(=O)n(CCC)c2ccccc21)C(=O)N1CCc2sccc2C1. The smallest absolute Gasteiger partial charge is 0.329 e. The van der Waals surface area contributed by atoms with Crippen LogP contribution in [-0.4, -0.2) is 38.4 Å². The summed E-state index contributed by atoms with van der Waals surface area (Å²) in [5.41, 5.74) is 2.85. The van der Waals surface area contributed by atoms with Crippen LogP contribution in [0.1, 0.15) is 50.0 Å². The van der Waals surface area contributed by atoms with Gasteiger partial charge in [-0.15, -0.1) is 11.3 Å². The number of nitrogens with zero attached hydrogens (tertiary/aromatic N) is 3. The van der Waals surface area contributed by atoms with Crippen LogP contribution in [0.2, 0.25) is 0 Å². The van der Waals surface area contributed by atoms with Gasteiger partial charge in [-0.25, -0.2) is 4.79 Å². The monoisotopic (exact) mass is 468 g/mol. The lowest BCUT2D eigenvalue weighted by atomic mass is 10.1. The normalized spacial score (nSPS) is 14.3. The maximum Gasteiger partial charge on any atom is 0.329 e. The predicted molar refractivity (Wildman–Crippen MR) is 131 cm³/mol. The molecule has 33 heavy (non-hydrogen) atoms. The molecule has 2 aromatic heterocycles. The Morgan fingerprint density at radius 1 is 1.06 bits per heavy atom. The fourth-order valence-corrected chi connectivity index (χ4v) is 5.50. The number of rotatable bonds is 9. The second-order valence-corrected chi connectivity index (χ2v) is 9.61. The fourth-order valence-electron chi connectivity index (χ4n) is 4.61. The Bertz CT molecular complexity index is 1190. The van der Waals surface area contributed by atoms with Crippen LogP contribution in [0.15, 0.2) is 40.5 Å². The van der Waals surface area contributed by atoms with Gasteiger partial charge in [0.1, 0.15) is 6.04 Å². The number of nitrogens with one attached hydrogen (secondary N) is 1. The summed E-state index contributed by atoms with van der Waals surface area (Å²) in [6.45, 7) is 6.29. The maximum atomic E-state index is 13.2. The molecule has 3 heterocycles. The molecular formula is C25H32N4O3S. The zero-order valence-corrected chi connectivity index (χ0v) is 20.2. The van der Waals surface area contributed by atoms with Gasteiger partial charge in [-0.3, -0.25) is 18.7 Å². The van der Waals surface area contributed by atoms with E-state index in [0.29, 0.717) is 26.1 Å². The highest BCUT2D eigenvalue weighted by molar-refractivity contribution is 7.10. The van der Waals surface area contributed by atoms with E-state index < -0.39 is 6.04 Å². The number of carbonyl (C=O) groups excluding carboxylic acids is 2. The topological polar surface area (TPSA) is 76.3 Å². The number of imidazole rings is 1. The van der Waals surface area contributed by atoms with Gasteiger partial charge in [-0.05, 0) is 48.4 Å². The number of carbonyl (C=O) groups is 2. The standard InChI is InChI=1S/C25H32N4O3S/c1-3-7-19(24(31)27-14-10-22-18(17-27)12-16-33-22)26-23(30)11-15-29-21-9-6-5-8-20(21)28(13-4-2)25(29)32/h5-6,8-9,12,16,19H,3-4,7,10-11,13-15,17H2,1-2H3,(H,26,30). The molecular weight excluding hydrogens is 436 g/mol. The van der Waals surface area contributed by atoms with E-state index in [9.17, 15) is 14.4 Å². The minimum Gasteiger partial charge on any atom is -0.344 e. The largest absolute Gasteiger partial charge is 0.344 e. The van der Waals surface area contributed by atoms with Crippen molar-refractivity contribution < 1.29 is 9.59 Å². The van der Waals surface area contributed by atoms with Gasteiger partial charge in [0, 0.05) is 37.5 Å². The molecule has 0 spiro atoms. The summed E-state index contributed by atoms with van der Waals surface area (Å²) >= 11 is 1.74. The van der Waals surface area contributed by atoms with Crippen LogP contribution >= 0.6 is 11.3 Å². The van der Waals surface area contributed by atoms with Gasteiger partial charge in [-0.2, -0.15) is 0 Å². The lowest BCUT2D eigenvalue weighted by Crippen LogP contribution is -2.49. The summed E-state index contributed by atoms with van der Waals surface area (Å²) in [5.74, 6) is -0.215. The first-order valence-corrected chi connectivity index (χ1v) is 12.7. The Morgan fingerprint density at radius 3 is 2.48 bits per heavy atom. The Morgan fingerprint density at radius 2 is 1.79 bits per heavy atom. The average molecular weight is 469 g/mol. The second-order valence-electron chi connectivity index (χ2n) is 8.61. The van der Waals surface area contributed by atoms with Gasteiger partial charge < -0.3 is 10.2 Å². The van der Waals surface area contributed by atoms with Gasteiger partial charge in [0.15, 0.2) is 0 Å². The summed E-state index contributed by atoms with van der Waals surface area (Å²) in [5, 5.41) is 5.03. The average Bonchev–Trinajstić information content (AvgIpc) is 3.39. The van der Waals surface area contributed by atoms with Crippen molar-refractivity contribution in [3.63, 3.8) is 0 Å². The third-order valence-electron chi connectivity index (χ3n) is 6.26. The first-order chi connectivity index (χ1) is 16.0. The number of benzene rings is 1. The van der Waals surface area contributed by atoms with Crippen molar-refractivity contribution in [3.05, 3.63) is 56.6 Å². The van der Waals surface area contributed by atoms with Gasteiger partial charge in [0.25, 0.3) is 0 Å². The van der Waals surface area contributed by atoms with Crippen LogP contribution in [0.4, 0.5) is 0 Å². The van der Waals surface area contributed by atoms with Crippen LogP contribution in [-0.2, 0) is 35.6 Å². The van der Waals surface area contributed by atoms with Crippen LogP contribution in [0.25, 0.3) is 11.0 Å². The van der Waals surface area contributed by atoms with Crippen molar-refractivity contribution >= 4 is 34.2 Å². The minimum atomic E-state index is -0.527. The molecule has 8 heteroatoms. The van der Waals surface area contributed by atoms with Gasteiger partial charge in [-0.1, -0.05) is 32.4 Å². The molecule has 176 valence electrons. The van der Waals surface area contributed by atoms with Crippen molar-refractivity contribution in [2.24, 2.45) is 0 Å². The summed E-state index contributed by atoms with van der Waals surface area (Å²) in [4.78, 5) is 42.2. The Kier molecular flexibility index (Phi) is 7.33.